The third-order valence-electron chi connectivity index (χ3n) is 3.50. The summed E-state index contributed by atoms with van der Waals surface area (Å²) in [6.07, 6.45) is 4.54. The van der Waals surface area contributed by atoms with Gasteiger partial charge in [-0.2, -0.15) is 0 Å². The molecular formula is C13H26ClN3O2. The Hall–Kier alpha value is -0.810. The Labute approximate surface area is 121 Å². The number of rotatable bonds is 6. The number of carbonyl (C=O) groups excluding carboxylic acids is 2. The third kappa shape index (κ3) is 4.99. The average Bonchev–Trinajstić information content (AvgIpc) is 2.32. The fraction of sp³-hybridized carbons (Fsp3) is 0.846. The van der Waals surface area contributed by atoms with Crippen molar-refractivity contribution in [1.82, 2.24) is 10.2 Å². The molecule has 1 saturated heterocycles. The molecule has 3 N–H and O–H groups in total. The topological polar surface area (TPSA) is 75.4 Å². The fourth-order valence-electron chi connectivity index (χ4n) is 2.25. The smallest absolute Gasteiger partial charge is 0.245 e. The van der Waals surface area contributed by atoms with Gasteiger partial charge in [0.1, 0.15) is 5.54 Å². The van der Waals surface area contributed by atoms with Gasteiger partial charge >= 0.3 is 0 Å². The molecule has 1 heterocycles. The highest BCUT2D eigenvalue weighted by Gasteiger charge is 2.39. The third-order valence-corrected chi connectivity index (χ3v) is 3.50. The highest BCUT2D eigenvalue weighted by Crippen LogP contribution is 2.19. The van der Waals surface area contributed by atoms with Gasteiger partial charge in [-0.25, -0.2) is 0 Å². The van der Waals surface area contributed by atoms with E-state index in [1.807, 2.05) is 0 Å². The van der Waals surface area contributed by atoms with E-state index in [4.69, 9.17) is 5.73 Å². The summed E-state index contributed by atoms with van der Waals surface area (Å²) in [5.41, 5.74) is 4.70. The van der Waals surface area contributed by atoms with Crippen LogP contribution < -0.4 is 11.1 Å². The molecule has 1 aliphatic heterocycles. The molecule has 112 valence electrons. The number of nitrogens with zero attached hydrogens (tertiary/aromatic N) is 1. The van der Waals surface area contributed by atoms with Gasteiger partial charge in [-0.15, -0.1) is 12.4 Å². The van der Waals surface area contributed by atoms with Crippen LogP contribution in [0.4, 0.5) is 0 Å². The lowest BCUT2D eigenvalue weighted by Crippen LogP contribution is -2.63. The second-order valence-corrected chi connectivity index (χ2v) is 5.31. The van der Waals surface area contributed by atoms with Crippen molar-refractivity contribution in [3.63, 3.8) is 0 Å². The predicted octanol–water partition coefficient (Wildman–Crippen LogP) is 1.05. The zero-order chi connectivity index (χ0) is 13.6. The van der Waals surface area contributed by atoms with Crippen LogP contribution in [0.2, 0.25) is 0 Å². The summed E-state index contributed by atoms with van der Waals surface area (Å²) in [5, 5.41) is 2.79. The minimum Gasteiger partial charge on any atom is -0.352 e. The Morgan fingerprint density at radius 1 is 1.32 bits per heavy atom. The molecule has 2 amide bonds. The number of halogens is 1. The Kier molecular flexibility index (Phi) is 8.02. The minimum absolute atomic E-state index is 0. The van der Waals surface area contributed by atoms with Crippen LogP contribution in [-0.2, 0) is 9.59 Å². The van der Waals surface area contributed by atoms with Gasteiger partial charge in [-0.05, 0) is 33.2 Å². The zero-order valence-electron chi connectivity index (χ0n) is 11.9. The summed E-state index contributed by atoms with van der Waals surface area (Å²) in [6, 6.07) is 0. The van der Waals surface area contributed by atoms with Gasteiger partial charge in [0, 0.05) is 19.5 Å². The van der Waals surface area contributed by atoms with E-state index in [1.165, 1.54) is 0 Å². The Bertz CT molecular complexity index is 308. The van der Waals surface area contributed by atoms with Crippen LogP contribution in [0.5, 0.6) is 0 Å². The minimum atomic E-state index is -0.716. The summed E-state index contributed by atoms with van der Waals surface area (Å²) >= 11 is 0. The molecule has 0 bridgehead atoms. The molecule has 1 aliphatic rings. The largest absolute Gasteiger partial charge is 0.352 e. The van der Waals surface area contributed by atoms with Gasteiger partial charge in [0.2, 0.25) is 11.8 Å². The molecular weight excluding hydrogens is 266 g/mol. The Morgan fingerprint density at radius 3 is 2.58 bits per heavy atom. The van der Waals surface area contributed by atoms with Gasteiger partial charge in [0.05, 0.1) is 0 Å². The van der Waals surface area contributed by atoms with Gasteiger partial charge in [0.15, 0.2) is 0 Å². The predicted molar refractivity (Wildman–Crippen MR) is 78.2 cm³/mol. The van der Waals surface area contributed by atoms with E-state index < -0.39 is 5.54 Å². The molecule has 0 saturated carbocycles. The molecule has 0 spiro atoms. The molecule has 0 aromatic carbocycles. The number of hydrogen-bond acceptors (Lipinski definition) is 3. The van der Waals surface area contributed by atoms with E-state index in [2.05, 4.69) is 5.32 Å². The second kappa shape index (κ2) is 8.38. The van der Waals surface area contributed by atoms with Crippen LogP contribution in [0.15, 0.2) is 0 Å². The number of nitrogens with one attached hydrogen (secondary N) is 1. The van der Waals surface area contributed by atoms with E-state index in [-0.39, 0.29) is 24.2 Å². The summed E-state index contributed by atoms with van der Waals surface area (Å²) in [4.78, 5) is 25.5. The first-order chi connectivity index (χ1) is 8.50. The first-order valence-corrected chi connectivity index (χ1v) is 6.79. The highest BCUT2D eigenvalue weighted by molar-refractivity contribution is 5.91. The molecule has 1 fully saturated rings. The number of carbonyl (C=O) groups is 2. The van der Waals surface area contributed by atoms with Crippen molar-refractivity contribution in [1.29, 1.82) is 0 Å². The number of amides is 2. The average molecular weight is 292 g/mol. The van der Waals surface area contributed by atoms with Crippen LogP contribution in [0.1, 0.15) is 46.0 Å². The van der Waals surface area contributed by atoms with E-state index >= 15 is 0 Å². The van der Waals surface area contributed by atoms with E-state index in [9.17, 15) is 9.59 Å². The fourth-order valence-corrected chi connectivity index (χ4v) is 2.25. The van der Waals surface area contributed by atoms with Crippen molar-refractivity contribution in [2.45, 2.75) is 51.5 Å². The van der Waals surface area contributed by atoms with Crippen LogP contribution >= 0.6 is 12.4 Å². The van der Waals surface area contributed by atoms with Crippen LogP contribution in [0.3, 0.4) is 0 Å². The number of piperazine rings is 1. The maximum Gasteiger partial charge on any atom is 0.245 e. The van der Waals surface area contributed by atoms with E-state index in [0.717, 1.165) is 25.7 Å². The molecule has 0 aliphatic carbocycles. The first-order valence-electron chi connectivity index (χ1n) is 6.79. The lowest BCUT2D eigenvalue weighted by atomic mass is 9.98. The molecule has 19 heavy (non-hydrogen) atoms. The molecule has 0 radical (unpaired) electrons. The van der Waals surface area contributed by atoms with Crippen molar-refractivity contribution in [2.24, 2.45) is 5.73 Å². The van der Waals surface area contributed by atoms with Crippen molar-refractivity contribution >= 4 is 24.2 Å². The van der Waals surface area contributed by atoms with E-state index in [1.54, 1.807) is 18.7 Å². The molecule has 0 atom stereocenters. The van der Waals surface area contributed by atoms with Crippen molar-refractivity contribution in [2.75, 3.05) is 19.6 Å². The molecule has 1 rings (SSSR count). The van der Waals surface area contributed by atoms with E-state index in [0.29, 0.717) is 26.1 Å². The second-order valence-electron chi connectivity index (χ2n) is 5.31. The van der Waals surface area contributed by atoms with Gasteiger partial charge in [-0.1, -0.05) is 12.8 Å². The quantitative estimate of drug-likeness (QED) is 0.719. The van der Waals surface area contributed by atoms with Crippen LogP contribution in [-0.4, -0.2) is 41.9 Å². The monoisotopic (exact) mass is 291 g/mol. The van der Waals surface area contributed by atoms with Gasteiger partial charge in [-0.3, -0.25) is 9.59 Å². The number of nitrogens with two attached hydrogens (primary N) is 1. The Balaban J connectivity index is 0.00000324. The van der Waals surface area contributed by atoms with Crippen molar-refractivity contribution < 1.29 is 9.59 Å². The van der Waals surface area contributed by atoms with Crippen molar-refractivity contribution in [3.8, 4) is 0 Å². The maximum atomic E-state index is 12.1. The maximum absolute atomic E-state index is 12.1. The molecule has 6 heteroatoms. The normalized spacial score (nSPS) is 17.6. The highest BCUT2D eigenvalue weighted by atomic mass is 35.5. The van der Waals surface area contributed by atoms with Crippen molar-refractivity contribution in [3.05, 3.63) is 0 Å². The van der Waals surface area contributed by atoms with Gasteiger partial charge in [0.25, 0.3) is 0 Å². The first kappa shape index (κ1) is 18.2. The lowest BCUT2D eigenvalue weighted by Gasteiger charge is -2.41. The SMILES string of the molecule is CC1(C)C(=O)NCCN1C(=O)CCCCCCN.Cl. The summed E-state index contributed by atoms with van der Waals surface area (Å²) in [5.74, 6) is 0.0211. The molecule has 5 nitrogen and oxygen atoms in total. The standard InChI is InChI=1S/C13H25N3O2.ClH/c1-13(2)12(18)15-9-10-16(13)11(17)7-5-3-4-6-8-14;/h3-10,14H2,1-2H3,(H,15,18);1H. The summed E-state index contributed by atoms with van der Waals surface area (Å²) in [6.45, 7) is 5.48. The molecule has 0 aromatic heterocycles. The van der Waals surface area contributed by atoms with Crippen LogP contribution in [0.25, 0.3) is 0 Å². The zero-order valence-corrected chi connectivity index (χ0v) is 12.7. The summed E-state index contributed by atoms with van der Waals surface area (Å²) in [7, 11) is 0. The van der Waals surface area contributed by atoms with Gasteiger partial charge < -0.3 is 16.0 Å². The number of hydrogen-bond donors (Lipinski definition) is 2. The lowest BCUT2D eigenvalue weighted by molar-refractivity contribution is -0.149. The summed E-state index contributed by atoms with van der Waals surface area (Å²) < 4.78 is 0. The van der Waals surface area contributed by atoms with Crippen LogP contribution in [0, 0.1) is 0 Å². The molecule has 0 aromatic rings. The molecule has 0 unspecified atom stereocenters. The Morgan fingerprint density at radius 2 is 1.95 bits per heavy atom. The number of unbranched alkanes of at least 4 members (excludes halogenated alkanes) is 3.